The topological polar surface area (TPSA) is 69.7 Å². The van der Waals surface area contributed by atoms with Crippen LogP contribution in [0, 0.1) is 13.8 Å². The van der Waals surface area contributed by atoms with Crippen LogP contribution in [0.15, 0.2) is 60.9 Å². The molecular weight excluding hydrogens is 368 g/mol. The van der Waals surface area contributed by atoms with Gasteiger partial charge in [-0.25, -0.2) is 9.59 Å². The van der Waals surface area contributed by atoms with Gasteiger partial charge >= 0.3 is 11.3 Å². The van der Waals surface area contributed by atoms with Crippen molar-refractivity contribution in [1.82, 2.24) is 0 Å². The fourth-order valence-electron chi connectivity index (χ4n) is 3.02. The van der Waals surface area contributed by atoms with Crippen molar-refractivity contribution in [1.29, 1.82) is 0 Å². The minimum absolute atomic E-state index is 0.142. The molecule has 0 spiro atoms. The first-order valence-electron chi connectivity index (χ1n) is 8.31. The van der Waals surface area contributed by atoms with Gasteiger partial charge in [0.2, 0.25) is 0 Å². The van der Waals surface area contributed by atoms with E-state index < -0.39 is 11.3 Å². The predicted octanol–water partition coefficient (Wildman–Crippen LogP) is 4.75. The highest BCUT2D eigenvalue weighted by Crippen LogP contribution is 2.27. The van der Waals surface area contributed by atoms with E-state index in [0.717, 1.165) is 16.5 Å². The fraction of sp³-hybridized carbons (Fsp3) is 0.143. The number of aryl methyl sites for hydroxylation is 2. The maximum absolute atomic E-state index is 11.9. The third kappa shape index (κ3) is 3.34. The average Bonchev–Trinajstić information content (AvgIpc) is 2.60. The summed E-state index contributed by atoms with van der Waals surface area (Å²) in [5.41, 5.74) is 2.37. The molecule has 0 saturated heterocycles. The average molecular weight is 383 g/mol. The number of rotatable bonds is 3. The van der Waals surface area contributed by atoms with Gasteiger partial charge in [0.05, 0.1) is 0 Å². The summed E-state index contributed by atoms with van der Waals surface area (Å²) in [5.74, 6) is 0.524. The quantitative estimate of drug-likeness (QED) is 0.478. The van der Waals surface area contributed by atoms with E-state index in [1.54, 1.807) is 24.3 Å². The molecule has 0 aliphatic rings. The molecule has 4 rings (SSSR count). The van der Waals surface area contributed by atoms with Crippen LogP contribution in [0.25, 0.3) is 21.9 Å². The molecule has 27 heavy (non-hydrogen) atoms. The lowest BCUT2D eigenvalue weighted by molar-refractivity contribution is 0.306. The molecule has 2 aromatic heterocycles. The van der Waals surface area contributed by atoms with Crippen LogP contribution in [0.5, 0.6) is 5.75 Å². The lowest BCUT2D eigenvalue weighted by Gasteiger charge is -2.10. The van der Waals surface area contributed by atoms with E-state index >= 15 is 0 Å². The van der Waals surface area contributed by atoms with Crippen LogP contribution in [-0.2, 0) is 6.61 Å². The second-order valence-electron chi connectivity index (χ2n) is 6.38. The van der Waals surface area contributed by atoms with E-state index in [1.807, 2.05) is 19.9 Å². The van der Waals surface area contributed by atoms with Crippen molar-refractivity contribution in [2.75, 3.05) is 0 Å². The molecule has 0 radical (unpaired) electrons. The van der Waals surface area contributed by atoms with E-state index in [4.69, 9.17) is 25.2 Å². The summed E-state index contributed by atoms with van der Waals surface area (Å²) in [6.07, 6.45) is 0. The third-order valence-corrected chi connectivity index (χ3v) is 4.83. The fourth-order valence-corrected chi connectivity index (χ4v) is 3.19. The number of ether oxygens (including phenoxy) is 1. The molecule has 5 nitrogen and oxygen atoms in total. The Morgan fingerprint density at radius 1 is 0.852 bits per heavy atom. The first kappa shape index (κ1) is 17.4. The van der Waals surface area contributed by atoms with Gasteiger partial charge in [-0.2, -0.15) is 0 Å². The lowest BCUT2D eigenvalue weighted by atomic mass is 10.1. The molecule has 2 aromatic carbocycles. The predicted molar refractivity (Wildman–Crippen MR) is 104 cm³/mol. The summed E-state index contributed by atoms with van der Waals surface area (Å²) in [5, 5.41) is 2.14. The van der Waals surface area contributed by atoms with Gasteiger partial charge in [-0.3, -0.25) is 0 Å². The molecule has 0 atom stereocenters. The standard InChI is InChI=1S/C21H15ClO5/c1-11-6-20(23)27-19-8-14(3-4-15(11)19)25-10-13-7-21(24)26-18-5-12(2)17(22)9-16(13)18/h3-9H,10H2,1-2H3. The zero-order valence-corrected chi connectivity index (χ0v) is 15.4. The first-order chi connectivity index (χ1) is 12.9. The Hall–Kier alpha value is -3.05. The summed E-state index contributed by atoms with van der Waals surface area (Å²) in [6.45, 7) is 3.83. The number of halogens is 1. The Labute approximate surface area is 158 Å². The minimum atomic E-state index is -0.456. The van der Waals surface area contributed by atoms with Crippen molar-refractivity contribution in [3.05, 3.63) is 85.0 Å². The molecule has 0 bridgehead atoms. The Morgan fingerprint density at radius 3 is 2.33 bits per heavy atom. The zero-order valence-electron chi connectivity index (χ0n) is 14.7. The molecule has 6 heteroatoms. The number of hydrogen-bond donors (Lipinski definition) is 0. The molecule has 0 fully saturated rings. The number of benzene rings is 2. The van der Waals surface area contributed by atoms with E-state index in [-0.39, 0.29) is 6.61 Å². The molecule has 0 unspecified atom stereocenters. The molecule has 2 heterocycles. The summed E-state index contributed by atoms with van der Waals surface area (Å²) in [7, 11) is 0. The van der Waals surface area contributed by atoms with Crippen LogP contribution in [0.1, 0.15) is 16.7 Å². The van der Waals surface area contributed by atoms with Crippen molar-refractivity contribution in [2.24, 2.45) is 0 Å². The maximum atomic E-state index is 11.9. The van der Waals surface area contributed by atoms with Gasteiger partial charge in [0.25, 0.3) is 0 Å². The van der Waals surface area contributed by atoms with E-state index in [2.05, 4.69) is 0 Å². The SMILES string of the molecule is Cc1cc2oc(=O)cc(COc3ccc4c(C)cc(=O)oc4c3)c2cc1Cl. The number of fused-ring (bicyclic) bond motifs is 2. The third-order valence-electron chi connectivity index (χ3n) is 4.43. The largest absolute Gasteiger partial charge is 0.489 e. The van der Waals surface area contributed by atoms with Crippen molar-refractivity contribution >= 4 is 33.5 Å². The molecule has 0 amide bonds. The molecular formula is C21H15ClO5. The smallest absolute Gasteiger partial charge is 0.336 e. The van der Waals surface area contributed by atoms with Crippen molar-refractivity contribution in [2.45, 2.75) is 20.5 Å². The molecule has 136 valence electrons. The highest BCUT2D eigenvalue weighted by atomic mass is 35.5. The molecule has 0 aliphatic heterocycles. The van der Waals surface area contributed by atoms with Crippen LogP contribution in [-0.4, -0.2) is 0 Å². The minimum Gasteiger partial charge on any atom is -0.489 e. The second kappa shape index (κ2) is 6.59. The van der Waals surface area contributed by atoms with Crippen LogP contribution >= 0.6 is 11.6 Å². The second-order valence-corrected chi connectivity index (χ2v) is 6.79. The van der Waals surface area contributed by atoms with Gasteiger partial charge in [-0.05, 0) is 49.2 Å². The maximum Gasteiger partial charge on any atom is 0.336 e. The van der Waals surface area contributed by atoms with Gasteiger partial charge in [0.15, 0.2) is 0 Å². The highest BCUT2D eigenvalue weighted by molar-refractivity contribution is 6.32. The summed E-state index contributed by atoms with van der Waals surface area (Å²) >= 11 is 6.21. The van der Waals surface area contributed by atoms with Crippen molar-refractivity contribution < 1.29 is 13.6 Å². The summed E-state index contributed by atoms with van der Waals surface area (Å²) in [4.78, 5) is 23.4. The Morgan fingerprint density at radius 2 is 1.56 bits per heavy atom. The summed E-state index contributed by atoms with van der Waals surface area (Å²) in [6, 6.07) is 11.6. The van der Waals surface area contributed by atoms with Gasteiger partial charge in [-0.1, -0.05) is 11.6 Å². The van der Waals surface area contributed by atoms with Crippen molar-refractivity contribution in [3.63, 3.8) is 0 Å². The van der Waals surface area contributed by atoms with Gasteiger partial charge < -0.3 is 13.6 Å². The number of hydrogen-bond acceptors (Lipinski definition) is 5. The normalized spacial score (nSPS) is 11.2. The van der Waals surface area contributed by atoms with Gasteiger partial charge in [-0.15, -0.1) is 0 Å². The molecule has 0 saturated carbocycles. The van der Waals surface area contributed by atoms with Crippen LogP contribution in [0.4, 0.5) is 0 Å². The monoisotopic (exact) mass is 382 g/mol. The molecule has 4 aromatic rings. The van der Waals surface area contributed by atoms with Crippen LogP contribution < -0.4 is 16.0 Å². The summed E-state index contributed by atoms with van der Waals surface area (Å²) < 4.78 is 16.3. The first-order valence-corrected chi connectivity index (χ1v) is 8.69. The van der Waals surface area contributed by atoms with Gasteiger partial charge in [0.1, 0.15) is 23.5 Å². The van der Waals surface area contributed by atoms with E-state index in [9.17, 15) is 9.59 Å². The highest BCUT2D eigenvalue weighted by Gasteiger charge is 2.10. The Balaban J connectivity index is 1.71. The van der Waals surface area contributed by atoms with Crippen molar-refractivity contribution in [3.8, 4) is 5.75 Å². The van der Waals surface area contributed by atoms with Gasteiger partial charge in [0, 0.05) is 39.6 Å². The lowest BCUT2D eigenvalue weighted by Crippen LogP contribution is -2.04. The molecule has 0 aliphatic carbocycles. The zero-order chi connectivity index (χ0) is 19.1. The van der Waals surface area contributed by atoms with Crippen LogP contribution in [0.2, 0.25) is 5.02 Å². The van der Waals surface area contributed by atoms with E-state index in [1.165, 1.54) is 12.1 Å². The Kier molecular flexibility index (Phi) is 4.24. The van der Waals surface area contributed by atoms with Crippen LogP contribution in [0.3, 0.4) is 0 Å². The molecule has 0 N–H and O–H groups in total. The Bertz CT molecular complexity index is 1300. The van der Waals surface area contributed by atoms with E-state index in [0.29, 0.717) is 32.9 Å².